The van der Waals surface area contributed by atoms with Crippen molar-refractivity contribution < 1.29 is 4.74 Å². The topological polar surface area (TPSA) is 56.8 Å². The van der Waals surface area contributed by atoms with E-state index in [-0.39, 0.29) is 0 Å². The number of hydrogen-bond donors (Lipinski definition) is 0. The Labute approximate surface area is 76.1 Å². The summed E-state index contributed by atoms with van der Waals surface area (Å²) in [6.45, 7) is 0. The van der Waals surface area contributed by atoms with Crippen molar-refractivity contribution in [3.63, 3.8) is 0 Å². The monoisotopic (exact) mass is 170 g/mol. The van der Waals surface area contributed by atoms with Crippen molar-refractivity contribution in [2.45, 2.75) is 0 Å². The molecule has 3 heteroatoms. The molecule has 1 aromatic rings. The van der Waals surface area contributed by atoms with Crippen LogP contribution in [-0.2, 0) is 4.74 Å². The molecule has 62 valence electrons. The molecule has 0 unspecified atom stereocenters. The van der Waals surface area contributed by atoms with Crippen molar-refractivity contribution in [2.24, 2.45) is 0 Å². The van der Waals surface area contributed by atoms with Crippen LogP contribution in [0, 0.1) is 22.8 Å². The predicted octanol–water partition coefficient (Wildman–Crippen LogP) is 2.05. The summed E-state index contributed by atoms with van der Waals surface area (Å²) in [6.07, 6.45) is 2.61. The maximum Gasteiger partial charge on any atom is 0.291 e. The van der Waals surface area contributed by atoms with Gasteiger partial charge in [-0.25, -0.2) is 0 Å². The van der Waals surface area contributed by atoms with Crippen LogP contribution in [0.5, 0.6) is 0 Å². The first-order valence-corrected chi connectivity index (χ1v) is 3.59. The van der Waals surface area contributed by atoms with E-state index in [2.05, 4.69) is 4.74 Å². The van der Waals surface area contributed by atoms with Gasteiger partial charge in [-0.15, -0.1) is 5.26 Å². The molecule has 0 bridgehead atoms. The van der Waals surface area contributed by atoms with E-state index in [4.69, 9.17) is 10.5 Å². The third-order valence-electron chi connectivity index (χ3n) is 1.43. The molecule has 0 heterocycles. The van der Waals surface area contributed by atoms with Crippen molar-refractivity contribution in [2.75, 3.05) is 0 Å². The molecule has 0 N–H and O–H groups in total. The molecule has 0 amide bonds. The molecule has 0 radical (unpaired) electrons. The van der Waals surface area contributed by atoms with Crippen LogP contribution in [0.25, 0.3) is 5.57 Å². The van der Waals surface area contributed by atoms with E-state index in [1.165, 1.54) is 6.26 Å². The standard InChI is InChI=1S/C10H6N2O/c11-6-10(7-13-8-12)9-4-2-1-3-5-9/h1-5,7H. The smallest absolute Gasteiger partial charge is 0.291 e. The Morgan fingerprint density at radius 3 is 2.46 bits per heavy atom. The zero-order chi connectivity index (χ0) is 9.52. The van der Waals surface area contributed by atoms with Gasteiger partial charge in [0, 0.05) is 0 Å². The molecule has 0 saturated heterocycles. The number of allylic oxidation sites excluding steroid dienone is 1. The van der Waals surface area contributed by atoms with E-state index in [0.29, 0.717) is 5.57 Å². The van der Waals surface area contributed by atoms with E-state index in [9.17, 15) is 0 Å². The molecular formula is C10H6N2O. The molecule has 0 spiro atoms. The first-order valence-electron chi connectivity index (χ1n) is 3.59. The summed E-state index contributed by atoms with van der Waals surface area (Å²) in [6, 6.07) is 11.0. The summed E-state index contributed by atoms with van der Waals surface area (Å²) in [5.74, 6) is 0. The quantitative estimate of drug-likeness (QED) is 0.387. The highest BCUT2D eigenvalue weighted by Gasteiger charge is 1.98. The first kappa shape index (κ1) is 8.83. The zero-order valence-electron chi connectivity index (χ0n) is 6.77. The van der Waals surface area contributed by atoms with Crippen LogP contribution in [0.3, 0.4) is 0 Å². The molecule has 3 nitrogen and oxygen atoms in total. The number of ether oxygens (including phenoxy) is 1. The van der Waals surface area contributed by atoms with Gasteiger partial charge in [0.25, 0.3) is 6.26 Å². The fourth-order valence-corrected chi connectivity index (χ4v) is 0.862. The number of hydrogen-bond acceptors (Lipinski definition) is 3. The van der Waals surface area contributed by atoms with Crippen molar-refractivity contribution in [1.82, 2.24) is 0 Å². The molecule has 0 aliphatic carbocycles. The Kier molecular flexibility index (Phi) is 3.11. The minimum Gasteiger partial charge on any atom is -0.395 e. The Morgan fingerprint density at radius 1 is 1.23 bits per heavy atom. The summed E-state index contributed by atoms with van der Waals surface area (Å²) in [7, 11) is 0. The van der Waals surface area contributed by atoms with Gasteiger partial charge in [-0.1, -0.05) is 30.3 Å². The average Bonchev–Trinajstić information content (AvgIpc) is 2.21. The van der Waals surface area contributed by atoms with Gasteiger partial charge < -0.3 is 4.74 Å². The van der Waals surface area contributed by atoms with Gasteiger partial charge in [0.15, 0.2) is 0 Å². The summed E-state index contributed by atoms with van der Waals surface area (Å²) >= 11 is 0. The van der Waals surface area contributed by atoms with Gasteiger partial charge in [0.2, 0.25) is 0 Å². The molecule has 0 saturated carbocycles. The van der Waals surface area contributed by atoms with Gasteiger partial charge >= 0.3 is 0 Å². The van der Waals surface area contributed by atoms with E-state index in [0.717, 1.165) is 11.8 Å². The normalized spacial score (nSPS) is 9.85. The van der Waals surface area contributed by atoms with Crippen LogP contribution in [0.1, 0.15) is 5.56 Å². The van der Waals surface area contributed by atoms with Crippen LogP contribution in [0.2, 0.25) is 0 Å². The fraction of sp³-hybridized carbons (Fsp3) is 0. The SMILES string of the molecule is N#COC=C(C#N)c1ccccc1. The minimum atomic E-state index is 0.335. The van der Waals surface area contributed by atoms with Crippen molar-refractivity contribution >= 4 is 5.57 Å². The van der Waals surface area contributed by atoms with E-state index in [1.807, 2.05) is 24.3 Å². The largest absolute Gasteiger partial charge is 0.395 e. The highest BCUT2D eigenvalue weighted by molar-refractivity contribution is 5.75. The predicted molar refractivity (Wildman–Crippen MR) is 46.7 cm³/mol. The average molecular weight is 170 g/mol. The minimum absolute atomic E-state index is 0.335. The third-order valence-corrected chi connectivity index (χ3v) is 1.43. The number of nitrogens with zero attached hydrogens (tertiary/aromatic N) is 2. The molecule has 1 rings (SSSR count). The van der Waals surface area contributed by atoms with Crippen LogP contribution in [0.4, 0.5) is 0 Å². The molecule has 13 heavy (non-hydrogen) atoms. The summed E-state index contributed by atoms with van der Waals surface area (Å²) in [5, 5.41) is 16.8. The van der Waals surface area contributed by atoms with Crippen LogP contribution in [-0.4, -0.2) is 0 Å². The number of nitriles is 2. The van der Waals surface area contributed by atoms with Gasteiger partial charge in [-0.05, 0) is 5.56 Å². The second-order valence-electron chi connectivity index (χ2n) is 2.22. The van der Waals surface area contributed by atoms with Crippen LogP contribution < -0.4 is 0 Å². The lowest BCUT2D eigenvalue weighted by Gasteiger charge is -1.95. The molecule has 0 aromatic heterocycles. The fourth-order valence-electron chi connectivity index (χ4n) is 0.862. The lowest BCUT2D eigenvalue weighted by atomic mass is 10.1. The Balaban J connectivity index is 2.95. The Bertz CT molecular complexity index is 382. The van der Waals surface area contributed by atoms with E-state index >= 15 is 0 Å². The summed E-state index contributed by atoms with van der Waals surface area (Å²) in [4.78, 5) is 0. The van der Waals surface area contributed by atoms with Gasteiger partial charge in [0.1, 0.15) is 12.3 Å². The number of rotatable bonds is 2. The van der Waals surface area contributed by atoms with E-state index in [1.54, 1.807) is 12.1 Å². The first-order chi connectivity index (χ1) is 6.38. The summed E-state index contributed by atoms with van der Waals surface area (Å²) in [5.41, 5.74) is 1.07. The van der Waals surface area contributed by atoms with E-state index < -0.39 is 0 Å². The highest BCUT2D eigenvalue weighted by Crippen LogP contribution is 2.12. The zero-order valence-corrected chi connectivity index (χ0v) is 6.77. The van der Waals surface area contributed by atoms with Gasteiger partial charge in [-0.3, -0.25) is 0 Å². The van der Waals surface area contributed by atoms with Crippen molar-refractivity contribution in [1.29, 1.82) is 10.5 Å². The molecule has 0 aliphatic heterocycles. The summed E-state index contributed by atoms with van der Waals surface area (Å²) < 4.78 is 4.36. The van der Waals surface area contributed by atoms with Gasteiger partial charge in [0.05, 0.1) is 5.57 Å². The Morgan fingerprint density at radius 2 is 1.92 bits per heavy atom. The second kappa shape index (κ2) is 4.58. The van der Waals surface area contributed by atoms with Crippen LogP contribution >= 0.6 is 0 Å². The molecular weight excluding hydrogens is 164 g/mol. The molecule has 0 atom stereocenters. The second-order valence-corrected chi connectivity index (χ2v) is 2.22. The van der Waals surface area contributed by atoms with Crippen molar-refractivity contribution in [3.05, 3.63) is 42.2 Å². The molecule has 0 fully saturated rings. The lowest BCUT2D eigenvalue weighted by Crippen LogP contribution is -1.80. The maximum atomic E-state index is 8.70. The van der Waals surface area contributed by atoms with Gasteiger partial charge in [-0.2, -0.15) is 5.26 Å². The van der Waals surface area contributed by atoms with Crippen molar-refractivity contribution in [3.8, 4) is 12.3 Å². The highest BCUT2D eigenvalue weighted by atomic mass is 16.5. The molecule has 1 aromatic carbocycles. The number of benzene rings is 1. The Hall–Kier alpha value is -2.26. The lowest BCUT2D eigenvalue weighted by molar-refractivity contribution is 0.431. The molecule has 0 aliphatic rings. The maximum absolute atomic E-state index is 8.70. The third kappa shape index (κ3) is 2.36. The van der Waals surface area contributed by atoms with Crippen LogP contribution in [0.15, 0.2) is 36.6 Å².